The molecule has 1 heterocycles. The van der Waals surface area contributed by atoms with Crippen molar-refractivity contribution in [2.45, 2.75) is 43.7 Å². The van der Waals surface area contributed by atoms with E-state index in [1.165, 1.54) is 4.90 Å². The quantitative estimate of drug-likeness (QED) is 0.813. The molecule has 0 unspecified atom stereocenters. The molecule has 3 amide bonds. The number of aliphatic hydroxyl groups is 1. The zero-order valence-corrected chi connectivity index (χ0v) is 15.0. The van der Waals surface area contributed by atoms with Gasteiger partial charge >= 0.3 is 6.03 Å². The number of carbonyl (C=O) groups is 2. The highest BCUT2D eigenvalue weighted by Crippen LogP contribution is 2.39. The molecule has 1 aliphatic heterocycles. The molecule has 1 aromatic carbocycles. The number of nitrogens with zero attached hydrogens (tertiary/aromatic N) is 2. The molecule has 136 valence electrons. The van der Waals surface area contributed by atoms with Crippen LogP contribution in [0.15, 0.2) is 24.3 Å². The first kappa shape index (κ1) is 18.0. The summed E-state index contributed by atoms with van der Waals surface area (Å²) < 4.78 is 5.50. The molecule has 2 fully saturated rings. The predicted molar refractivity (Wildman–Crippen MR) is 93.6 cm³/mol. The largest absolute Gasteiger partial charge is 0.491 e. The number of ether oxygens (including phenoxy) is 1. The molecule has 0 aromatic heterocycles. The van der Waals surface area contributed by atoms with Crippen molar-refractivity contribution in [3.05, 3.63) is 29.3 Å². The normalized spacial score (nSPS) is 21.1. The van der Waals surface area contributed by atoms with Crippen molar-refractivity contribution in [2.75, 3.05) is 20.2 Å². The van der Waals surface area contributed by atoms with Gasteiger partial charge < -0.3 is 14.7 Å². The summed E-state index contributed by atoms with van der Waals surface area (Å²) in [5.41, 5.74) is -0.716. The van der Waals surface area contributed by atoms with Crippen LogP contribution in [0.25, 0.3) is 0 Å². The van der Waals surface area contributed by atoms with Crippen molar-refractivity contribution >= 4 is 23.5 Å². The summed E-state index contributed by atoms with van der Waals surface area (Å²) in [6.45, 7) is -0.0627. The Morgan fingerprint density at radius 3 is 2.48 bits per heavy atom. The molecule has 1 saturated heterocycles. The SMILES string of the molecule is CN1C(=O)N(C[C@@H](O)COc2ccc(Cl)cc2)C(=O)C12CCCCC2. The monoisotopic (exact) mass is 366 g/mol. The van der Waals surface area contributed by atoms with Crippen molar-refractivity contribution in [3.63, 3.8) is 0 Å². The van der Waals surface area contributed by atoms with Crippen LogP contribution < -0.4 is 4.74 Å². The van der Waals surface area contributed by atoms with Crippen molar-refractivity contribution < 1.29 is 19.4 Å². The molecule has 1 aliphatic carbocycles. The average molecular weight is 367 g/mol. The minimum absolute atomic E-state index is 0.00456. The molecule has 0 radical (unpaired) electrons. The van der Waals surface area contributed by atoms with Crippen LogP contribution in [0.2, 0.25) is 5.02 Å². The molecular weight excluding hydrogens is 344 g/mol. The van der Waals surface area contributed by atoms with Crippen molar-refractivity contribution in [1.29, 1.82) is 0 Å². The molecule has 1 aromatic rings. The van der Waals surface area contributed by atoms with Gasteiger partial charge in [0, 0.05) is 12.1 Å². The second-order valence-corrected chi connectivity index (χ2v) is 7.20. The molecule has 1 saturated carbocycles. The first-order valence-corrected chi connectivity index (χ1v) is 8.98. The summed E-state index contributed by atoms with van der Waals surface area (Å²) in [7, 11) is 1.68. The Bertz CT molecular complexity index is 643. The molecular formula is C18H23ClN2O4. The molecule has 1 spiro atoms. The van der Waals surface area contributed by atoms with Crippen LogP contribution in [0.5, 0.6) is 5.75 Å². The van der Waals surface area contributed by atoms with Gasteiger partial charge in [-0.2, -0.15) is 0 Å². The second-order valence-electron chi connectivity index (χ2n) is 6.77. The Morgan fingerprint density at radius 2 is 1.84 bits per heavy atom. The number of halogens is 1. The van der Waals surface area contributed by atoms with E-state index in [0.29, 0.717) is 23.6 Å². The summed E-state index contributed by atoms with van der Waals surface area (Å²) in [6.07, 6.45) is 3.42. The lowest BCUT2D eigenvalue weighted by Crippen LogP contribution is -2.49. The summed E-state index contributed by atoms with van der Waals surface area (Å²) in [5, 5.41) is 10.8. The number of hydrogen-bond donors (Lipinski definition) is 1. The van der Waals surface area contributed by atoms with Gasteiger partial charge in [0.2, 0.25) is 0 Å². The van der Waals surface area contributed by atoms with E-state index in [9.17, 15) is 14.7 Å². The summed E-state index contributed by atoms with van der Waals surface area (Å²) >= 11 is 5.81. The number of hydrogen-bond acceptors (Lipinski definition) is 4. The van der Waals surface area contributed by atoms with Crippen LogP contribution >= 0.6 is 11.6 Å². The molecule has 7 heteroatoms. The van der Waals surface area contributed by atoms with Gasteiger partial charge in [-0.1, -0.05) is 30.9 Å². The van der Waals surface area contributed by atoms with E-state index in [1.807, 2.05) is 0 Å². The van der Waals surface area contributed by atoms with Gasteiger partial charge in [-0.05, 0) is 37.1 Å². The molecule has 3 rings (SSSR count). The number of likely N-dealkylation sites (N-methyl/N-ethyl adjacent to an activating group) is 1. The highest BCUT2D eigenvalue weighted by Gasteiger charge is 2.55. The molecule has 6 nitrogen and oxygen atoms in total. The van der Waals surface area contributed by atoms with E-state index in [2.05, 4.69) is 0 Å². The number of amides is 3. The first-order valence-electron chi connectivity index (χ1n) is 8.60. The maximum Gasteiger partial charge on any atom is 0.327 e. The summed E-state index contributed by atoms with van der Waals surface area (Å²) in [5.74, 6) is 0.383. The Morgan fingerprint density at radius 1 is 1.20 bits per heavy atom. The highest BCUT2D eigenvalue weighted by atomic mass is 35.5. The Kier molecular flexibility index (Phi) is 5.20. The number of carbonyl (C=O) groups excluding carboxylic acids is 2. The summed E-state index contributed by atoms with van der Waals surface area (Å²) in [6, 6.07) is 6.45. The van der Waals surface area contributed by atoms with Crippen molar-refractivity contribution in [1.82, 2.24) is 9.80 Å². The molecule has 25 heavy (non-hydrogen) atoms. The van der Waals surface area contributed by atoms with E-state index in [4.69, 9.17) is 16.3 Å². The third-order valence-electron chi connectivity index (χ3n) is 5.13. The van der Waals surface area contributed by atoms with E-state index in [0.717, 1.165) is 19.3 Å². The number of rotatable bonds is 5. The van der Waals surface area contributed by atoms with Crippen LogP contribution in [0.3, 0.4) is 0 Å². The smallest absolute Gasteiger partial charge is 0.327 e. The Hall–Kier alpha value is -1.79. The van der Waals surface area contributed by atoms with Crippen molar-refractivity contribution in [2.24, 2.45) is 0 Å². The van der Waals surface area contributed by atoms with Crippen LogP contribution in [-0.2, 0) is 4.79 Å². The van der Waals surface area contributed by atoms with E-state index in [1.54, 1.807) is 36.2 Å². The maximum absolute atomic E-state index is 12.8. The number of urea groups is 1. The van der Waals surface area contributed by atoms with Crippen LogP contribution in [-0.4, -0.2) is 58.7 Å². The minimum atomic E-state index is -0.948. The molecule has 2 aliphatic rings. The van der Waals surface area contributed by atoms with E-state index in [-0.39, 0.29) is 25.1 Å². The molecule has 0 bridgehead atoms. The average Bonchev–Trinajstić information content (AvgIpc) is 2.78. The highest BCUT2D eigenvalue weighted by molar-refractivity contribution is 6.30. The van der Waals surface area contributed by atoms with Crippen LogP contribution in [0, 0.1) is 0 Å². The van der Waals surface area contributed by atoms with E-state index < -0.39 is 11.6 Å². The third-order valence-corrected chi connectivity index (χ3v) is 5.39. The van der Waals surface area contributed by atoms with Gasteiger partial charge in [-0.25, -0.2) is 4.79 Å². The van der Waals surface area contributed by atoms with Crippen LogP contribution in [0.4, 0.5) is 4.79 Å². The van der Waals surface area contributed by atoms with Gasteiger partial charge in [0.15, 0.2) is 0 Å². The molecule has 1 N–H and O–H groups in total. The fraction of sp³-hybridized carbons (Fsp3) is 0.556. The fourth-order valence-corrected chi connectivity index (χ4v) is 3.81. The fourth-order valence-electron chi connectivity index (χ4n) is 3.68. The van der Waals surface area contributed by atoms with Gasteiger partial charge in [0.05, 0.1) is 6.54 Å². The lowest BCUT2D eigenvalue weighted by Gasteiger charge is -2.35. The van der Waals surface area contributed by atoms with Gasteiger partial charge in [0.1, 0.15) is 24.0 Å². The maximum atomic E-state index is 12.8. The van der Waals surface area contributed by atoms with Gasteiger partial charge in [-0.15, -0.1) is 0 Å². The predicted octanol–water partition coefficient (Wildman–Crippen LogP) is 2.68. The first-order chi connectivity index (χ1) is 11.9. The number of benzene rings is 1. The summed E-state index contributed by atoms with van der Waals surface area (Å²) in [4.78, 5) is 28.1. The minimum Gasteiger partial charge on any atom is -0.491 e. The third kappa shape index (κ3) is 3.46. The van der Waals surface area contributed by atoms with Gasteiger partial charge in [0.25, 0.3) is 5.91 Å². The Balaban J connectivity index is 1.60. The zero-order chi connectivity index (χ0) is 18.0. The topological polar surface area (TPSA) is 70.1 Å². The van der Waals surface area contributed by atoms with Crippen LogP contribution in [0.1, 0.15) is 32.1 Å². The molecule has 1 atom stereocenters. The second kappa shape index (κ2) is 7.22. The number of aliphatic hydroxyl groups excluding tert-OH is 1. The zero-order valence-electron chi connectivity index (χ0n) is 14.3. The number of β-amino-alcohol motifs (C(OH)–C–C–N with tert-alkyl or cyclic N) is 1. The van der Waals surface area contributed by atoms with Crippen molar-refractivity contribution in [3.8, 4) is 5.75 Å². The standard InChI is InChI=1S/C18H23ClN2O4/c1-20-17(24)21(16(23)18(20)9-3-2-4-10-18)11-14(22)12-25-15-7-5-13(19)6-8-15/h5-8,14,22H,2-4,9-12H2,1H3/t14-/m1/s1. The van der Waals surface area contributed by atoms with Gasteiger partial charge in [-0.3, -0.25) is 9.69 Å². The lowest BCUT2D eigenvalue weighted by atomic mass is 9.81. The van der Waals surface area contributed by atoms with E-state index >= 15 is 0 Å². The number of imide groups is 1. The lowest BCUT2D eigenvalue weighted by molar-refractivity contribution is -0.135. The Labute approximate surface area is 152 Å².